The first-order valence-electron chi connectivity index (χ1n) is 3.94. The molecule has 0 spiro atoms. The number of halogens is 5. The zero-order chi connectivity index (χ0) is 10.9. The van der Waals surface area contributed by atoms with Gasteiger partial charge in [-0.25, -0.2) is 0 Å². The van der Waals surface area contributed by atoms with Crippen LogP contribution in [0.3, 0.4) is 0 Å². The minimum atomic E-state index is -4.35. The maximum atomic E-state index is 12.3. The summed E-state index contributed by atoms with van der Waals surface area (Å²) in [5, 5.41) is 0.257. The van der Waals surface area contributed by atoms with Crippen molar-refractivity contribution in [2.24, 2.45) is 5.73 Å². The van der Waals surface area contributed by atoms with Crippen molar-refractivity contribution in [3.8, 4) is 0 Å². The summed E-state index contributed by atoms with van der Waals surface area (Å²) in [4.78, 5) is 0. The first-order chi connectivity index (χ1) is 6.32. The molecule has 1 atom stereocenters. The van der Waals surface area contributed by atoms with Crippen molar-refractivity contribution in [1.82, 2.24) is 0 Å². The lowest BCUT2D eigenvalue weighted by Gasteiger charge is -2.12. The summed E-state index contributed by atoms with van der Waals surface area (Å²) >= 11 is 5.69. The average molecular weight is 260 g/mol. The van der Waals surface area contributed by atoms with Crippen molar-refractivity contribution >= 4 is 24.0 Å². The van der Waals surface area contributed by atoms with Crippen LogP contribution in [-0.4, -0.2) is 0 Å². The first kappa shape index (κ1) is 14.5. The molecule has 0 saturated heterocycles. The molecule has 1 aromatic carbocycles. The molecule has 0 aliphatic rings. The van der Waals surface area contributed by atoms with E-state index in [1.165, 1.54) is 6.07 Å². The fourth-order valence-corrected chi connectivity index (χ4v) is 1.36. The van der Waals surface area contributed by atoms with Crippen molar-refractivity contribution in [2.75, 3.05) is 0 Å². The molecule has 0 aliphatic carbocycles. The molecule has 0 fully saturated rings. The van der Waals surface area contributed by atoms with E-state index in [-0.39, 0.29) is 17.4 Å². The van der Waals surface area contributed by atoms with E-state index in [1.807, 2.05) is 0 Å². The molecule has 0 aliphatic heterocycles. The van der Waals surface area contributed by atoms with Crippen molar-refractivity contribution in [3.05, 3.63) is 34.3 Å². The van der Waals surface area contributed by atoms with Gasteiger partial charge in [0.05, 0.1) is 5.56 Å². The molecule has 6 heteroatoms. The van der Waals surface area contributed by atoms with Crippen LogP contribution in [0.15, 0.2) is 18.2 Å². The van der Waals surface area contributed by atoms with Crippen LogP contribution in [-0.2, 0) is 6.18 Å². The lowest BCUT2D eigenvalue weighted by molar-refractivity contribution is -0.137. The van der Waals surface area contributed by atoms with E-state index in [1.54, 1.807) is 6.92 Å². The highest BCUT2D eigenvalue weighted by molar-refractivity contribution is 6.31. The van der Waals surface area contributed by atoms with Gasteiger partial charge in [-0.15, -0.1) is 12.4 Å². The van der Waals surface area contributed by atoms with Gasteiger partial charge in [0.25, 0.3) is 0 Å². The second-order valence-electron chi connectivity index (χ2n) is 3.02. The number of hydrogen-bond acceptors (Lipinski definition) is 1. The van der Waals surface area contributed by atoms with Gasteiger partial charge >= 0.3 is 6.18 Å². The van der Waals surface area contributed by atoms with Crippen LogP contribution in [0.5, 0.6) is 0 Å². The van der Waals surface area contributed by atoms with Crippen LogP contribution in [0.25, 0.3) is 0 Å². The van der Waals surface area contributed by atoms with Crippen molar-refractivity contribution in [2.45, 2.75) is 19.1 Å². The molecule has 0 bridgehead atoms. The van der Waals surface area contributed by atoms with Crippen molar-refractivity contribution in [1.29, 1.82) is 0 Å². The van der Waals surface area contributed by atoms with E-state index in [9.17, 15) is 13.2 Å². The third-order valence-electron chi connectivity index (χ3n) is 1.81. The quantitative estimate of drug-likeness (QED) is 0.816. The summed E-state index contributed by atoms with van der Waals surface area (Å²) in [5.41, 5.74) is 5.05. The second-order valence-corrected chi connectivity index (χ2v) is 3.43. The topological polar surface area (TPSA) is 26.0 Å². The summed E-state index contributed by atoms with van der Waals surface area (Å²) in [6.45, 7) is 1.58. The monoisotopic (exact) mass is 259 g/mol. The predicted octanol–water partition coefficient (Wildman–Crippen LogP) is 3.80. The van der Waals surface area contributed by atoms with E-state index >= 15 is 0 Å². The van der Waals surface area contributed by atoms with E-state index in [0.717, 1.165) is 12.1 Å². The molecule has 86 valence electrons. The van der Waals surface area contributed by atoms with Gasteiger partial charge in [0, 0.05) is 11.1 Å². The molecule has 1 nitrogen and oxygen atoms in total. The zero-order valence-electron chi connectivity index (χ0n) is 7.81. The van der Waals surface area contributed by atoms with E-state index in [0.29, 0.717) is 5.56 Å². The standard InChI is InChI=1S/C9H9ClF3N.ClH/c1-5(14)7-4-6(9(11,12)13)2-3-8(7)10;/h2-5H,14H2,1H3;1H/t5-;/m1./s1. The molecule has 0 unspecified atom stereocenters. The number of rotatable bonds is 1. The van der Waals surface area contributed by atoms with Crippen LogP contribution >= 0.6 is 24.0 Å². The molecule has 0 heterocycles. The van der Waals surface area contributed by atoms with Gasteiger partial charge < -0.3 is 5.73 Å². The van der Waals surface area contributed by atoms with Gasteiger partial charge in [0.15, 0.2) is 0 Å². The SMILES string of the molecule is C[C@@H](N)c1cc(C(F)(F)F)ccc1Cl.Cl. The highest BCUT2D eigenvalue weighted by Gasteiger charge is 2.31. The minimum Gasteiger partial charge on any atom is -0.324 e. The lowest BCUT2D eigenvalue weighted by atomic mass is 10.1. The molecule has 1 aromatic rings. The summed E-state index contributed by atoms with van der Waals surface area (Å²) in [7, 11) is 0. The Balaban J connectivity index is 0.00000196. The summed E-state index contributed by atoms with van der Waals surface area (Å²) in [6, 6.07) is 2.62. The second kappa shape index (κ2) is 5.05. The Labute approximate surface area is 96.8 Å². The van der Waals surface area contributed by atoms with E-state index < -0.39 is 17.8 Å². The predicted molar refractivity (Wildman–Crippen MR) is 56.3 cm³/mol. The molecule has 0 aromatic heterocycles. The van der Waals surface area contributed by atoms with Crippen molar-refractivity contribution in [3.63, 3.8) is 0 Å². The molecule has 0 radical (unpaired) electrons. The Morgan fingerprint density at radius 2 is 1.87 bits per heavy atom. The maximum Gasteiger partial charge on any atom is 0.416 e. The van der Waals surface area contributed by atoms with Gasteiger partial charge in [0.1, 0.15) is 0 Å². The molecule has 1 rings (SSSR count). The smallest absolute Gasteiger partial charge is 0.324 e. The Morgan fingerprint density at radius 3 is 2.27 bits per heavy atom. The fraction of sp³-hybridized carbons (Fsp3) is 0.333. The van der Waals surface area contributed by atoms with Crippen molar-refractivity contribution < 1.29 is 13.2 Å². The molecule has 0 amide bonds. The zero-order valence-corrected chi connectivity index (χ0v) is 9.38. The Bertz CT molecular complexity index is 337. The van der Waals surface area contributed by atoms with Gasteiger partial charge in [-0.3, -0.25) is 0 Å². The first-order valence-corrected chi connectivity index (χ1v) is 4.32. The molecule has 2 N–H and O–H groups in total. The highest BCUT2D eigenvalue weighted by Crippen LogP contribution is 2.33. The third kappa shape index (κ3) is 3.55. The third-order valence-corrected chi connectivity index (χ3v) is 2.16. The van der Waals surface area contributed by atoms with Crippen LogP contribution in [0.1, 0.15) is 24.1 Å². The van der Waals surface area contributed by atoms with Gasteiger partial charge in [0.2, 0.25) is 0 Å². The summed E-state index contributed by atoms with van der Waals surface area (Å²) < 4.78 is 36.8. The Hall–Kier alpha value is -0.450. The lowest BCUT2D eigenvalue weighted by Crippen LogP contribution is -2.10. The largest absolute Gasteiger partial charge is 0.416 e. The van der Waals surface area contributed by atoms with Crippen LogP contribution < -0.4 is 5.73 Å². The van der Waals surface area contributed by atoms with Gasteiger partial charge in [-0.05, 0) is 30.7 Å². The van der Waals surface area contributed by atoms with E-state index in [4.69, 9.17) is 17.3 Å². The number of hydrogen-bond donors (Lipinski definition) is 1. The summed E-state index contributed by atoms with van der Waals surface area (Å²) in [6.07, 6.45) is -4.35. The maximum absolute atomic E-state index is 12.3. The molecule has 15 heavy (non-hydrogen) atoms. The number of benzene rings is 1. The Morgan fingerprint density at radius 1 is 1.33 bits per heavy atom. The minimum absolute atomic E-state index is 0. The molecular formula is C9H10Cl2F3N. The number of alkyl halides is 3. The Kier molecular flexibility index (Phi) is 4.90. The van der Waals surface area contributed by atoms with Crippen LogP contribution in [0.4, 0.5) is 13.2 Å². The number of nitrogens with two attached hydrogens (primary N) is 1. The summed E-state index contributed by atoms with van der Waals surface area (Å²) in [5.74, 6) is 0. The molecular weight excluding hydrogens is 250 g/mol. The van der Waals surface area contributed by atoms with Gasteiger partial charge in [-0.2, -0.15) is 13.2 Å². The molecule has 0 saturated carbocycles. The van der Waals surface area contributed by atoms with Crippen LogP contribution in [0, 0.1) is 0 Å². The van der Waals surface area contributed by atoms with E-state index in [2.05, 4.69) is 0 Å². The highest BCUT2D eigenvalue weighted by atomic mass is 35.5. The van der Waals surface area contributed by atoms with Crippen LogP contribution in [0.2, 0.25) is 5.02 Å². The fourth-order valence-electron chi connectivity index (χ4n) is 1.07. The normalized spacial score (nSPS) is 13.2. The van der Waals surface area contributed by atoms with Gasteiger partial charge in [-0.1, -0.05) is 11.6 Å². The average Bonchev–Trinajstić information content (AvgIpc) is 2.02.